The fourth-order valence-corrected chi connectivity index (χ4v) is 7.23. The van der Waals surface area contributed by atoms with Crippen molar-refractivity contribution >= 4 is 50.4 Å². The molecule has 0 amide bonds. The Hall–Kier alpha value is -5.51. The van der Waals surface area contributed by atoms with E-state index < -0.39 is 0 Å². The summed E-state index contributed by atoms with van der Waals surface area (Å²) in [6, 6.07) is 52.4. The number of nitrogens with zero attached hydrogens (tertiary/aromatic N) is 4. The van der Waals surface area contributed by atoms with E-state index >= 15 is 0 Å². The largest absolute Gasteiger partial charge is 2.00 e. The number of nitrogens with one attached hydrogen (secondary N) is 1. The second kappa shape index (κ2) is 13.8. The Balaban J connectivity index is 0.000000470. The van der Waals surface area contributed by atoms with Crippen molar-refractivity contribution in [2.24, 2.45) is 0 Å². The second-order valence-corrected chi connectivity index (χ2v) is 12.5. The summed E-state index contributed by atoms with van der Waals surface area (Å²) < 4.78 is 2.23. The van der Waals surface area contributed by atoms with E-state index in [-0.39, 0.29) is 21.1 Å². The van der Waals surface area contributed by atoms with Gasteiger partial charge in [0.15, 0.2) is 0 Å². The first-order valence-corrected chi connectivity index (χ1v) is 16.8. The number of aryl methyl sites for hydroxylation is 4. The predicted molar refractivity (Wildman–Crippen MR) is 200 cm³/mol. The second-order valence-electron chi connectivity index (χ2n) is 12.5. The summed E-state index contributed by atoms with van der Waals surface area (Å²) in [5.74, 6) is 0. The van der Waals surface area contributed by atoms with Gasteiger partial charge in [0.1, 0.15) is 5.65 Å². The van der Waals surface area contributed by atoms with Gasteiger partial charge in [-0.1, -0.05) is 96.3 Å². The fourth-order valence-electron chi connectivity index (χ4n) is 7.23. The molecule has 0 spiro atoms. The molecular formula is C44H33N5Pt. The van der Waals surface area contributed by atoms with E-state index in [4.69, 9.17) is 4.98 Å². The molecule has 8 aromatic rings. The standard InChI is InChI=1S/C39H28N4.C5H5N.Pt/c1-4-15-34-26(9-1)18-20-28-23-29-21-19-27-10-2-5-16-36(27)42(38(29)25-35(28)41-34)30-11-7-12-31(24-30)43-37-17-6-3-13-32(37)33-14-8-22-40-39(33)43;1-2-4-6-5-3-1;/h1-17,22-23,41H,18-21H2;1-5H;/q-2;;+2. The minimum atomic E-state index is 0. The SMILES string of the molecule is [Pt+2].[c-]1c(N2c3[c-]c4c(cc3CCc3ccccc32)CCc2ccccc2N4)cccc1-n1c2ccccc2c2cccnc21.c1ccncc1. The molecule has 0 bridgehead atoms. The Labute approximate surface area is 306 Å². The average molecular weight is 827 g/mol. The monoisotopic (exact) mass is 826 g/mol. The van der Waals surface area contributed by atoms with Gasteiger partial charge in [0.25, 0.3) is 0 Å². The molecule has 2 aliphatic heterocycles. The summed E-state index contributed by atoms with van der Waals surface area (Å²) in [6.07, 6.45) is 9.34. The molecule has 0 atom stereocenters. The quantitative estimate of drug-likeness (QED) is 0.176. The topological polar surface area (TPSA) is 46.0 Å². The van der Waals surface area contributed by atoms with Crippen LogP contribution in [0.5, 0.6) is 0 Å². The number of hydrogen-bond acceptors (Lipinski definition) is 4. The molecule has 244 valence electrons. The molecule has 6 heteroatoms. The van der Waals surface area contributed by atoms with Gasteiger partial charge in [-0.15, -0.1) is 35.4 Å². The summed E-state index contributed by atoms with van der Waals surface area (Å²) in [5.41, 5.74) is 13.9. The van der Waals surface area contributed by atoms with Gasteiger partial charge < -0.3 is 14.8 Å². The minimum Gasteiger partial charge on any atom is -0.378 e. The number of aromatic nitrogens is 3. The number of fused-ring (bicyclic) bond motifs is 7. The number of benzene rings is 5. The van der Waals surface area contributed by atoms with Crippen LogP contribution in [0.25, 0.3) is 27.6 Å². The zero-order valence-electron chi connectivity index (χ0n) is 27.3. The van der Waals surface area contributed by atoms with Crippen molar-refractivity contribution in [1.82, 2.24) is 14.5 Å². The van der Waals surface area contributed by atoms with Crippen molar-refractivity contribution < 1.29 is 21.1 Å². The van der Waals surface area contributed by atoms with E-state index in [0.717, 1.165) is 65.0 Å². The van der Waals surface area contributed by atoms with Crippen molar-refractivity contribution in [3.63, 3.8) is 0 Å². The van der Waals surface area contributed by atoms with Gasteiger partial charge in [0.05, 0.1) is 5.52 Å². The van der Waals surface area contributed by atoms with Crippen LogP contribution in [0, 0.1) is 12.1 Å². The molecule has 3 aromatic heterocycles. The van der Waals surface area contributed by atoms with Crippen molar-refractivity contribution in [1.29, 1.82) is 0 Å². The van der Waals surface area contributed by atoms with E-state index in [1.807, 2.05) is 30.5 Å². The van der Waals surface area contributed by atoms with Crippen LogP contribution >= 0.6 is 0 Å². The molecule has 0 saturated carbocycles. The van der Waals surface area contributed by atoms with Crippen LogP contribution in [-0.4, -0.2) is 14.5 Å². The number of para-hydroxylation sites is 3. The Bertz CT molecular complexity index is 2370. The molecule has 0 aliphatic carbocycles. The third-order valence-electron chi connectivity index (χ3n) is 9.52. The first-order chi connectivity index (χ1) is 24.3. The molecule has 0 fully saturated rings. The van der Waals surface area contributed by atoms with Gasteiger partial charge >= 0.3 is 21.1 Å². The summed E-state index contributed by atoms with van der Waals surface area (Å²) in [5, 5.41) is 6.07. The Morgan fingerprint density at radius 2 is 1.28 bits per heavy atom. The van der Waals surface area contributed by atoms with E-state index in [1.54, 1.807) is 12.4 Å². The minimum absolute atomic E-state index is 0. The smallest absolute Gasteiger partial charge is 0.378 e. The van der Waals surface area contributed by atoms with Crippen LogP contribution in [0.1, 0.15) is 22.3 Å². The number of anilines is 5. The van der Waals surface area contributed by atoms with Crippen LogP contribution in [0.3, 0.4) is 0 Å². The third-order valence-corrected chi connectivity index (χ3v) is 9.52. The normalized spacial score (nSPS) is 12.8. The summed E-state index contributed by atoms with van der Waals surface area (Å²) in [4.78, 5) is 11.0. The molecule has 50 heavy (non-hydrogen) atoms. The van der Waals surface area contributed by atoms with Crippen molar-refractivity contribution in [2.75, 3.05) is 10.2 Å². The van der Waals surface area contributed by atoms with E-state index in [2.05, 4.69) is 135 Å². The summed E-state index contributed by atoms with van der Waals surface area (Å²) in [7, 11) is 0. The maximum Gasteiger partial charge on any atom is 2.00 e. The molecule has 5 heterocycles. The van der Waals surface area contributed by atoms with Crippen LogP contribution in [0.15, 0.2) is 146 Å². The molecule has 0 saturated heterocycles. The third kappa shape index (κ3) is 5.78. The van der Waals surface area contributed by atoms with E-state index in [9.17, 15) is 0 Å². The molecule has 5 aromatic carbocycles. The van der Waals surface area contributed by atoms with Gasteiger partial charge in [-0.2, -0.15) is 12.1 Å². The fraction of sp³-hybridized carbons (Fsp3) is 0.0909. The van der Waals surface area contributed by atoms with E-state index in [1.165, 1.54) is 39.0 Å². The molecular weight excluding hydrogens is 794 g/mol. The van der Waals surface area contributed by atoms with E-state index in [0.29, 0.717) is 0 Å². The van der Waals surface area contributed by atoms with Gasteiger partial charge in [-0.05, 0) is 66.4 Å². The molecule has 5 nitrogen and oxygen atoms in total. The first kappa shape index (κ1) is 31.7. The maximum absolute atomic E-state index is 4.81. The Morgan fingerprint density at radius 3 is 2.14 bits per heavy atom. The predicted octanol–water partition coefficient (Wildman–Crippen LogP) is 10.3. The summed E-state index contributed by atoms with van der Waals surface area (Å²) >= 11 is 0. The Morgan fingerprint density at radius 1 is 0.560 bits per heavy atom. The van der Waals surface area contributed by atoms with Crippen molar-refractivity contribution in [3.05, 3.63) is 180 Å². The first-order valence-electron chi connectivity index (χ1n) is 16.8. The number of hydrogen-bond donors (Lipinski definition) is 1. The molecule has 1 N–H and O–H groups in total. The molecule has 2 aliphatic rings. The molecule has 0 unspecified atom stereocenters. The van der Waals surface area contributed by atoms with Crippen molar-refractivity contribution in [3.8, 4) is 5.69 Å². The number of pyridine rings is 2. The zero-order valence-corrected chi connectivity index (χ0v) is 29.6. The summed E-state index contributed by atoms with van der Waals surface area (Å²) in [6.45, 7) is 0. The van der Waals surface area contributed by atoms with Gasteiger partial charge in [-0.25, -0.2) is 4.98 Å². The van der Waals surface area contributed by atoms with Gasteiger partial charge in [0.2, 0.25) is 0 Å². The maximum atomic E-state index is 4.81. The van der Waals surface area contributed by atoms with Crippen LogP contribution in [0.4, 0.5) is 28.4 Å². The molecule has 0 radical (unpaired) electrons. The van der Waals surface area contributed by atoms with Gasteiger partial charge in [-0.3, -0.25) is 4.98 Å². The Kier molecular flexibility index (Phi) is 8.74. The van der Waals surface area contributed by atoms with Crippen molar-refractivity contribution in [2.45, 2.75) is 25.7 Å². The van der Waals surface area contributed by atoms with Crippen LogP contribution < -0.4 is 10.2 Å². The van der Waals surface area contributed by atoms with Gasteiger partial charge in [0, 0.05) is 40.7 Å². The van der Waals surface area contributed by atoms with Crippen LogP contribution in [-0.2, 0) is 46.7 Å². The number of rotatable bonds is 2. The zero-order chi connectivity index (χ0) is 32.6. The van der Waals surface area contributed by atoms with Crippen LogP contribution in [0.2, 0.25) is 0 Å². The molecule has 10 rings (SSSR count). The average Bonchev–Trinajstić information content (AvgIpc) is 3.27.